The lowest BCUT2D eigenvalue weighted by Crippen LogP contribution is -2.41. The van der Waals surface area contributed by atoms with E-state index in [-0.39, 0.29) is 6.09 Å². The van der Waals surface area contributed by atoms with Gasteiger partial charge in [-0.15, -0.1) is 0 Å². The van der Waals surface area contributed by atoms with Gasteiger partial charge in [0.25, 0.3) is 0 Å². The van der Waals surface area contributed by atoms with Gasteiger partial charge >= 0.3 is 6.09 Å². The lowest BCUT2D eigenvalue weighted by atomic mass is 9.94. The van der Waals surface area contributed by atoms with Crippen LogP contribution in [0.5, 0.6) is 0 Å². The summed E-state index contributed by atoms with van der Waals surface area (Å²) in [6.07, 6.45) is 4.97. The number of hydrogen-bond acceptors (Lipinski definition) is 4. The molecular formula is C20H33N3O2. The molecule has 140 valence electrons. The number of nitrogens with zero attached hydrogens (tertiary/aromatic N) is 3. The highest BCUT2D eigenvalue weighted by Gasteiger charge is 2.31. The Morgan fingerprint density at radius 2 is 2.12 bits per heavy atom. The van der Waals surface area contributed by atoms with Crippen LogP contribution in [0, 0.1) is 0 Å². The minimum atomic E-state index is -0.520. The Morgan fingerprint density at radius 1 is 1.40 bits per heavy atom. The summed E-state index contributed by atoms with van der Waals surface area (Å²) in [5.74, 6) is 0.733. The number of aromatic nitrogens is 1. The third kappa shape index (κ3) is 4.94. The molecule has 1 aromatic rings. The van der Waals surface area contributed by atoms with E-state index in [9.17, 15) is 4.79 Å². The average Bonchev–Trinajstić information content (AvgIpc) is 2.54. The number of amides is 1. The predicted octanol–water partition coefficient (Wildman–Crippen LogP) is 4.78. The van der Waals surface area contributed by atoms with Crippen LogP contribution in [-0.2, 0) is 4.74 Å². The van der Waals surface area contributed by atoms with E-state index in [2.05, 4.69) is 29.8 Å². The molecule has 0 radical (unpaired) electrons. The highest BCUT2D eigenvalue weighted by Crippen LogP contribution is 2.36. The Kier molecular flexibility index (Phi) is 6.44. The van der Waals surface area contributed by atoms with Crippen LogP contribution >= 0.6 is 0 Å². The Labute approximate surface area is 152 Å². The van der Waals surface area contributed by atoms with Gasteiger partial charge in [0.2, 0.25) is 0 Å². The third-order valence-electron chi connectivity index (χ3n) is 4.57. The van der Waals surface area contributed by atoms with Crippen LogP contribution < -0.4 is 4.90 Å². The quantitative estimate of drug-likeness (QED) is 0.786. The molecule has 0 unspecified atom stereocenters. The Morgan fingerprint density at radius 3 is 2.72 bits per heavy atom. The topological polar surface area (TPSA) is 45.7 Å². The minimum absolute atomic E-state index is 0.300. The van der Waals surface area contributed by atoms with Gasteiger partial charge in [0, 0.05) is 30.4 Å². The van der Waals surface area contributed by atoms with Gasteiger partial charge in [0.15, 0.2) is 0 Å². The number of piperidine rings is 1. The van der Waals surface area contributed by atoms with Crippen molar-refractivity contribution < 1.29 is 9.53 Å². The first kappa shape index (κ1) is 19.7. The number of carbonyl (C=O) groups is 1. The number of anilines is 1. The molecule has 1 aromatic heterocycles. The van der Waals surface area contributed by atoms with Crippen LogP contribution in [0.1, 0.15) is 72.4 Å². The summed E-state index contributed by atoms with van der Waals surface area (Å²) in [5.41, 5.74) is 0.609. The van der Waals surface area contributed by atoms with Crippen molar-refractivity contribution in [3.63, 3.8) is 0 Å². The largest absolute Gasteiger partial charge is 0.443 e. The molecule has 2 rings (SSSR count). The number of hydrogen-bond donors (Lipinski definition) is 0. The van der Waals surface area contributed by atoms with Crippen molar-refractivity contribution in [3.8, 4) is 0 Å². The van der Waals surface area contributed by atoms with E-state index >= 15 is 0 Å². The summed E-state index contributed by atoms with van der Waals surface area (Å²) >= 11 is 0. The summed E-state index contributed by atoms with van der Waals surface area (Å²) in [6, 6.07) is 4.85. The van der Waals surface area contributed by atoms with Crippen molar-refractivity contribution in [3.05, 3.63) is 23.9 Å². The van der Waals surface area contributed by atoms with Crippen LogP contribution in [0.25, 0.3) is 0 Å². The van der Waals surface area contributed by atoms with Crippen molar-refractivity contribution in [1.82, 2.24) is 9.88 Å². The number of likely N-dealkylation sites (tertiary alicyclic amines) is 1. The van der Waals surface area contributed by atoms with E-state index < -0.39 is 5.60 Å². The first-order valence-corrected chi connectivity index (χ1v) is 9.45. The first-order chi connectivity index (χ1) is 11.7. The molecule has 1 saturated heterocycles. The van der Waals surface area contributed by atoms with Gasteiger partial charge in [-0.25, -0.2) is 9.78 Å². The maximum Gasteiger partial charge on any atom is 0.415 e. The zero-order chi connectivity index (χ0) is 18.6. The van der Waals surface area contributed by atoms with Crippen molar-refractivity contribution in [2.75, 3.05) is 18.0 Å². The van der Waals surface area contributed by atoms with E-state index in [1.807, 2.05) is 33.8 Å². The molecule has 1 amide bonds. The van der Waals surface area contributed by atoms with E-state index in [0.29, 0.717) is 18.6 Å². The number of carbonyl (C=O) groups excluding carboxylic acids is 1. The molecular weight excluding hydrogens is 314 g/mol. The van der Waals surface area contributed by atoms with E-state index in [1.165, 1.54) is 12.8 Å². The standard InChI is InChI=1S/C20H33N3O2/c1-7-22(19(24)25-20(4,5)6)18-16(11-10-13-21-18)17-12-8-9-14-23(17)15(2)3/h10-11,13,15,17H,7-9,12,14H2,1-6H3/t17-/m0/s1. The van der Waals surface area contributed by atoms with Gasteiger partial charge < -0.3 is 4.74 Å². The summed E-state index contributed by atoms with van der Waals surface area (Å²) in [6.45, 7) is 13.7. The Hall–Kier alpha value is -1.62. The van der Waals surface area contributed by atoms with Gasteiger partial charge in [-0.05, 0) is 67.0 Å². The molecule has 0 bridgehead atoms. The fraction of sp³-hybridized carbons (Fsp3) is 0.700. The summed E-state index contributed by atoms with van der Waals surface area (Å²) in [5, 5.41) is 0. The fourth-order valence-electron chi connectivity index (χ4n) is 3.48. The lowest BCUT2D eigenvalue weighted by molar-refractivity contribution is 0.0579. The predicted molar refractivity (Wildman–Crippen MR) is 102 cm³/mol. The SMILES string of the molecule is CCN(C(=O)OC(C)(C)C)c1ncccc1[C@@H]1CCCCN1C(C)C. The maximum absolute atomic E-state index is 12.7. The van der Waals surface area contributed by atoms with Gasteiger partial charge in [0.05, 0.1) is 0 Å². The average molecular weight is 348 g/mol. The van der Waals surface area contributed by atoms with Crippen molar-refractivity contribution >= 4 is 11.9 Å². The van der Waals surface area contributed by atoms with Crippen molar-refractivity contribution in [2.45, 2.75) is 78.5 Å². The smallest absolute Gasteiger partial charge is 0.415 e. The molecule has 0 spiro atoms. The zero-order valence-electron chi connectivity index (χ0n) is 16.6. The van der Waals surface area contributed by atoms with Gasteiger partial charge in [-0.3, -0.25) is 9.80 Å². The van der Waals surface area contributed by atoms with Crippen LogP contribution in [0.4, 0.5) is 10.6 Å². The molecule has 1 aliphatic rings. The Bertz CT molecular complexity index is 581. The molecule has 2 heterocycles. The second-order valence-corrected chi connectivity index (χ2v) is 7.98. The summed E-state index contributed by atoms with van der Waals surface area (Å²) in [7, 11) is 0. The molecule has 5 nitrogen and oxygen atoms in total. The lowest BCUT2D eigenvalue weighted by Gasteiger charge is -2.40. The van der Waals surface area contributed by atoms with Crippen LogP contribution in [0.3, 0.4) is 0 Å². The monoisotopic (exact) mass is 347 g/mol. The molecule has 0 saturated carbocycles. The van der Waals surface area contributed by atoms with E-state index in [0.717, 1.165) is 24.3 Å². The number of rotatable bonds is 4. The second kappa shape index (κ2) is 8.17. The normalized spacial score (nSPS) is 19.1. The minimum Gasteiger partial charge on any atom is -0.443 e. The van der Waals surface area contributed by atoms with Gasteiger partial charge in [-0.2, -0.15) is 0 Å². The molecule has 1 atom stereocenters. The molecule has 0 aliphatic carbocycles. The zero-order valence-corrected chi connectivity index (χ0v) is 16.6. The summed E-state index contributed by atoms with van der Waals surface area (Å²) in [4.78, 5) is 21.4. The molecule has 0 N–H and O–H groups in total. The fourth-order valence-corrected chi connectivity index (χ4v) is 3.48. The van der Waals surface area contributed by atoms with Crippen molar-refractivity contribution in [1.29, 1.82) is 0 Å². The van der Waals surface area contributed by atoms with Gasteiger partial charge in [-0.1, -0.05) is 12.5 Å². The molecule has 5 heteroatoms. The van der Waals surface area contributed by atoms with Crippen molar-refractivity contribution in [2.24, 2.45) is 0 Å². The number of pyridine rings is 1. The van der Waals surface area contributed by atoms with Crippen LogP contribution in [0.2, 0.25) is 0 Å². The van der Waals surface area contributed by atoms with Crippen LogP contribution in [0.15, 0.2) is 18.3 Å². The van der Waals surface area contributed by atoms with E-state index in [1.54, 1.807) is 11.1 Å². The highest BCUT2D eigenvalue weighted by atomic mass is 16.6. The molecule has 0 aromatic carbocycles. The molecule has 1 fully saturated rings. The maximum atomic E-state index is 12.7. The third-order valence-corrected chi connectivity index (χ3v) is 4.57. The Balaban J connectivity index is 2.37. The molecule has 25 heavy (non-hydrogen) atoms. The highest BCUT2D eigenvalue weighted by molar-refractivity contribution is 5.87. The number of ether oxygens (including phenoxy) is 1. The van der Waals surface area contributed by atoms with Gasteiger partial charge in [0.1, 0.15) is 11.4 Å². The summed E-state index contributed by atoms with van der Waals surface area (Å²) < 4.78 is 5.60. The van der Waals surface area contributed by atoms with Crippen LogP contribution in [-0.4, -0.2) is 40.7 Å². The van der Waals surface area contributed by atoms with E-state index in [4.69, 9.17) is 4.74 Å². The molecule has 1 aliphatic heterocycles. The second-order valence-electron chi connectivity index (χ2n) is 7.98. The first-order valence-electron chi connectivity index (χ1n) is 9.45.